The zero-order chi connectivity index (χ0) is 26.5. The van der Waals surface area contributed by atoms with E-state index in [9.17, 15) is 9.18 Å². The van der Waals surface area contributed by atoms with Gasteiger partial charge in [0.05, 0.1) is 32.9 Å². The van der Waals surface area contributed by atoms with E-state index in [-0.39, 0.29) is 24.4 Å². The van der Waals surface area contributed by atoms with Crippen LogP contribution in [-0.2, 0) is 24.2 Å². The highest BCUT2D eigenvalue weighted by atomic mass is 32.1. The summed E-state index contributed by atoms with van der Waals surface area (Å²) in [5.74, 6) is 0.622. The smallest absolute Gasteiger partial charge is 0.166 e. The first-order valence-electron chi connectivity index (χ1n) is 12.4. The average molecular weight is 531 g/mol. The molecule has 0 aliphatic carbocycles. The zero-order valence-electron chi connectivity index (χ0n) is 21.2. The minimum Gasteiger partial charge on any atom is -0.453 e. The molecule has 0 bridgehead atoms. The molecule has 0 saturated carbocycles. The second-order valence-electron chi connectivity index (χ2n) is 9.05. The molecule has 1 aromatic carbocycles. The van der Waals surface area contributed by atoms with Gasteiger partial charge in [-0.2, -0.15) is 0 Å². The molecule has 0 spiro atoms. The van der Waals surface area contributed by atoms with E-state index in [4.69, 9.17) is 9.26 Å². The number of nitrogens with zero attached hydrogens (tertiary/aromatic N) is 3. The molecule has 4 aromatic heterocycles. The number of thiophene rings is 1. The fourth-order valence-corrected chi connectivity index (χ4v) is 5.10. The topological polar surface area (TPSA) is 90.1 Å². The summed E-state index contributed by atoms with van der Waals surface area (Å²) in [6.07, 6.45) is 4.84. The number of nitrogens with one attached hydrogen (secondary N) is 1. The second-order valence-corrected chi connectivity index (χ2v) is 10.1. The van der Waals surface area contributed by atoms with Crippen LogP contribution in [0, 0.1) is 12.7 Å². The molecule has 0 aliphatic heterocycles. The van der Waals surface area contributed by atoms with E-state index < -0.39 is 5.82 Å². The van der Waals surface area contributed by atoms with Gasteiger partial charge in [0, 0.05) is 37.5 Å². The Morgan fingerprint density at radius 3 is 2.66 bits per heavy atom. The fourth-order valence-electron chi connectivity index (χ4n) is 4.05. The number of Topliss-reactive ketones (excluding diaryl/α,β-unsaturated/α-hetero) is 1. The van der Waals surface area contributed by atoms with Gasteiger partial charge in [-0.3, -0.25) is 14.8 Å². The minimum absolute atomic E-state index is 0.0767. The normalized spacial score (nSPS) is 11.2. The van der Waals surface area contributed by atoms with Gasteiger partial charge in [-0.1, -0.05) is 24.2 Å². The molecule has 194 valence electrons. The number of ether oxygens (including phenoxy) is 1. The molecule has 7 nitrogen and oxygen atoms in total. The minimum atomic E-state index is -0.539. The van der Waals surface area contributed by atoms with Crippen LogP contribution in [0.3, 0.4) is 0 Å². The Hall–Kier alpha value is -3.95. The van der Waals surface area contributed by atoms with Crippen LogP contribution < -0.4 is 10.1 Å². The van der Waals surface area contributed by atoms with Crippen molar-refractivity contribution in [2.75, 3.05) is 6.54 Å². The lowest BCUT2D eigenvalue weighted by Crippen LogP contribution is -2.13. The van der Waals surface area contributed by atoms with Crippen molar-refractivity contribution in [3.8, 4) is 22.1 Å². The van der Waals surface area contributed by atoms with Crippen LogP contribution in [0.5, 0.6) is 11.5 Å². The fraction of sp³-hybridized carbons (Fsp3) is 0.241. The molecule has 5 aromatic rings. The first-order chi connectivity index (χ1) is 18.5. The number of halogens is 1. The molecule has 9 heteroatoms. The predicted molar refractivity (Wildman–Crippen MR) is 145 cm³/mol. The molecule has 0 saturated heterocycles. The Morgan fingerprint density at radius 2 is 1.92 bits per heavy atom. The first kappa shape index (κ1) is 25.7. The summed E-state index contributed by atoms with van der Waals surface area (Å²) in [5.41, 5.74) is 3.86. The van der Waals surface area contributed by atoms with Crippen LogP contribution in [0.15, 0.2) is 65.4 Å². The third-order valence-corrected chi connectivity index (χ3v) is 7.04. The molecule has 1 N–H and O–H groups in total. The number of rotatable bonds is 11. The van der Waals surface area contributed by atoms with E-state index in [1.807, 2.05) is 18.3 Å². The summed E-state index contributed by atoms with van der Waals surface area (Å²) in [4.78, 5) is 22.4. The van der Waals surface area contributed by atoms with E-state index in [0.29, 0.717) is 22.8 Å². The highest BCUT2D eigenvalue weighted by molar-refractivity contribution is 7.22. The number of fused-ring (bicyclic) bond motifs is 1. The summed E-state index contributed by atoms with van der Waals surface area (Å²) in [5, 5.41) is 7.21. The van der Waals surface area contributed by atoms with Gasteiger partial charge in [0.25, 0.3) is 0 Å². The van der Waals surface area contributed by atoms with Crippen LogP contribution >= 0.6 is 11.3 Å². The number of pyridine rings is 2. The van der Waals surface area contributed by atoms with Crippen molar-refractivity contribution in [3.63, 3.8) is 0 Å². The number of aryl methyl sites for hydroxylation is 1. The third-order valence-electron chi connectivity index (χ3n) is 5.88. The highest BCUT2D eigenvalue weighted by Crippen LogP contribution is 2.39. The lowest BCUT2D eigenvalue weighted by Gasteiger charge is -2.09. The molecule has 0 radical (unpaired) electrons. The van der Waals surface area contributed by atoms with Crippen molar-refractivity contribution in [1.29, 1.82) is 0 Å². The Morgan fingerprint density at radius 1 is 1.05 bits per heavy atom. The number of ketones is 1. The summed E-state index contributed by atoms with van der Waals surface area (Å²) in [6, 6.07) is 14.0. The van der Waals surface area contributed by atoms with Crippen molar-refractivity contribution < 1.29 is 18.4 Å². The van der Waals surface area contributed by atoms with E-state index in [1.54, 1.807) is 37.4 Å². The Bertz CT molecular complexity index is 1560. The Balaban J connectivity index is 1.29. The Kier molecular flexibility index (Phi) is 7.86. The van der Waals surface area contributed by atoms with Crippen LogP contribution in [0.1, 0.15) is 35.9 Å². The zero-order valence-corrected chi connectivity index (χ0v) is 22.0. The van der Waals surface area contributed by atoms with E-state index >= 15 is 0 Å². The van der Waals surface area contributed by atoms with E-state index in [1.165, 1.54) is 17.4 Å². The van der Waals surface area contributed by atoms with Gasteiger partial charge >= 0.3 is 0 Å². The van der Waals surface area contributed by atoms with Gasteiger partial charge in [-0.15, -0.1) is 11.3 Å². The van der Waals surface area contributed by atoms with Crippen molar-refractivity contribution in [2.24, 2.45) is 0 Å². The summed E-state index contributed by atoms with van der Waals surface area (Å²) >= 11 is 1.50. The Labute approximate surface area is 223 Å². The molecule has 0 unspecified atom stereocenters. The maximum atomic E-state index is 14.9. The van der Waals surface area contributed by atoms with Crippen molar-refractivity contribution in [3.05, 3.63) is 89.3 Å². The molecule has 4 heterocycles. The molecule has 0 atom stereocenters. The van der Waals surface area contributed by atoms with Crippen LogP contribution in [0.2, 0.25) is 0 Å². The first-order valence-corrected chi connectivity index (χ1v) is 13.2. The van der Waals surface area contributed by atoms with Gasteiger partial charge in [-0.25, -0.2) is 4.39 Å². The SMILES string of the molecule is CCCNCc1ccc(-c2cc3nccc(Oc4ccc(CC(=O)Cc5cc(C)on5)cc4F)c3s2)nc1. The maximum Gasteiger partial charge on any atom is 0.166 e. The summed E-state index contributed by atoms with van der Waals surface area (Å²) in [6.45, 7) is 5.66. The van der Waals surface area contributed by atoms with Gasteiger partial charge in [0.2, 0.25) is 0 Å². The average Bonchev–Trinajstić information content (AvgIpc) is 3.52. The number of carbonyl (C=O) groups excluding carboxylic acids is 1. The number of hydrogen-bond donors (Lipinski definition) is 1. The lowest BCUT2D eigenvalue weighted by molar-refractivity contribution is -0.117. The molecule has 0 amide bonds. The van der Waals surface area contributed by atoms with Gasteiger partial charge in [0.1, 0.15) is 17.3 Å². The van der Waals surface area contributed by atoms with Crippen LogP contribution in [0.4, 0.5) is 4.39 Å². The van der Waals surface area contributed by atoms with Crippen molar-refractivity contribution in [2.45, 2.75) is 39.7 Å². The number of carbonyl (C=O) groups is 1. The van der Waals surface area contributed by atoms with Gasteiger partial charge in [0.15, 0.2) is 11.6 Å². The van der Waals surface area contributed by atoms with Gasteiger partial charge in [-0.05, 0) is 55.3 Å². The van der Waals surface area contributed by atoms with Gasteiger partial charge < -0.3 is 14.6 Å². The summed E-state index contributed by atoms with van der Waals surface area (Å²) in [7, 11) is 0. The number of hydrogen-bond acceptors (Lipinski definition) is 8. The van der Waals surface area contributed by atoms with Crippen molar-refractivity contribution >= 4 is 27.3 Å². The van der Waals surface area contributed by atoms with E-state index in [0.717, 1.165) is 45.9 Å². The second kappa shape index (κ2) is 11.6. The molecule has 0 aliphatic rings. The van der Waals surface area contributed by atoms with Crippen LogP contribution in [0.25, 0.3) is 20.8 Å². The van der Waals surface area contributed by atoms with Crippen molar-refractivity contribution in [1.82, 2.24) is 20.4 Å². The van der Waals surface area contributed by atoms with Crippen LogP contribution in [-0.4, -0.2) is 27.5 Å². The third kappa shape index (κ3) is 6.12. The predicted octanol–water partition coefficient (Wildman–Crippen LogP) is 6.44. The number of aromatic nitrogens is 3. The molecule has 38 heavy (non-hydrogen) atoms. The molecule has 0 fully saturated rings. The standard InChI is InChI=1S/C29H27FN4O3S/c1-3-9-31-16-20-4-6-24(33-17-20)28-15-25-29(38-28)27(8-10-32-25)36-26-7-5-19(13-23(26)30)12-22(35)14-21-11-18(2)37-34-21/h4-8,10-11,13,15,17,31H,3,9,12,14,16H2,1-2H3. The summed E-state index contributed by atoms with van der Waals surface area (Å²) < 4.78 is 26.7. The largest absolute Gasteiger partial charge is 0.453 e. The monoisotopic (exact) mass is 530 g/mol. The molecule has 5 rings (SSSR count). The lowest BCUT2D eigenvalue weighted by atomic mass is 10.1. The quantitative estimate of drug-likeness (QED) is 0.197. The molecular formula is C29H27FN4O3S. The molecular weight excluding hydrogens is 503 g/mol. The van der Waals surface area contributed by atoms with E-state index in [2.05, 4.69) is 33.4 Å². The number of benzene rings is 1. The highest BCUT2D eigenvalue weighted by Gasteiger charge is 2.15. The maximum absolute atomic E-state index is 14.9.